The molecule has 0 aliphatic carbocycles. The molecule has 0 radical (unpaired) electrons. The van der Waals surface area contributed by atoms with Gasteiger partial charge in [0.15, 0.2) is 0 Å². The third-order valence-corrected chi connectivity index (χ3v) is 2.93. The zero-order valence-corrected chi connectivity index (χ0v) is 11.5. The van der Waals surface area contributed by atoms with Crippen LogP contribution in [-0.4, -0.2) is 16.0 Å². The first kappa shape index (κ1) is 13.5. The largest absolute Gasteiger partial charge is 0.309 e. The number of rotatable bonds is 4. The maximum absolute atomic E-state index is 12.0. The molecule has 0 atom stereocenters. The highest BCUT2D eigenvalue weighted by Gasteiger charge is 2.09. The number of aromatic nitrogens is 2. The third-order valence-electron chi connectivity index (χ3n) is 2.93. The molecular formula is C15H19N3O. The van der Waals surface area contributed by atoms with Crippen molar-refractivity contribution >= 4 is 0 Å². The Labute approximate surface area is 112 Å². The van der Waals surface area contributed by atoms with Crippen molar-refractivity contribution in [3.8, 4) is 11.3 Å². The minimum Gasteiger partial charge on any atom is -0.309 e. The summed E-state index contributed by atoms with van der Waals surface area (Å²) in [6, 6.07) is 10.1. The quantitative estimate of drug-likeness (QED) is 0.883. The van der Waals surface area contributed by atoms with Crippen molar-refractivity contribution in [2.24, 2.45) is 0 Å². The summed E-state index contributed by atoms with van der Waals surface area (Å²) in [7, 11) is 0. The minimum absolute atomic E-state index is 0.0746. The Balaban J connectivity index is 2.41. The van der Waals surface area contributed by atoms with Gasteiger partial charge in [-0.3, -0.25) is 4.79 Å². The molecule has 1 aromatic heterocycles. The summed E-state index contributed by atoms with van der Waals surface area (Å²) in [5.41, 5.74) is 2.30. The van der Waals surface area contributed by atoms with Crippen molar-refractivity contribution in [1.29, 1.82) is 0 Å². The minimum atomic E-state index is -0.0746. The predicted molar refractivity (Wildman–Crippen MR) is 77.0 cm³/mol. The van der Waals surface area contributed by atoms with E-state index in [2.05, 4.69) is 29.1 Å². The molecule has 2 aromatic rings. The van der Waals surface area contributed by atoms with Gasteiger partial charge in [0, 0.05) is 17.2 Å². The summed E-state index contributed by atoms with van der Waals surface area (Å²) >= 11 is 0. The van der Waals surface area contributed by atoms with E-state index in [1.54, 1.807) is 6.92 Å². The van der Waals surface area contributed by atoms with Crippen LogP contribution in [0.4, 0.5) is 0 Å². The van der Waals surface area contributed by atoms with Crippen LogP contribution in [-0.2, 0) is 6.54 Å². The summed E-state index contributed by atoms with van der Waals surface area (Å²) in [5.74, 6) is 0.670. The van der Waals surface area contributed by atoms with Crippen LogP contribution in [0.15, 0.2) is 35.1 Å². The number of H-pyrrole nitrogens is 1. The summed E-state index contributed by atoms with van der Waals surface area (Å²) in [5, 5.41) is 3.25. The van der Waals surface area contributed by atoms with Crippen molar-refractivity contribution in [3.63, 3.8) is 0 Å². The molecule has 0 saturated carbocycles. The fourth-order valence-electron chi connectivity index (χ4n) is 1.84. The van der Waals surface area contributed by atoms with Crippen LogP contribution in [0.2, 0.25) is 0 Å². The van der Waals surface area contributed by atoms with Gasteiger partial charge in [0.2, 0.25) is 0 Å². The highest BCUT2D eigenvalue weighted by Crippen LogP contribution is 2.17. The molecule has 0 amide bonds. The Morgan fingerprint density at radius 2 is 1.95 bits per heavy atom. The van der Waals surface area contributed by atoms with Crippen LogP contribution in [0, 0.1) is 6.92 Å². The molecule has 2 rings (SSSR count). The molecule has 0 aliphatic rings. The SMILES string of the molecule is Cc1c(-c2ccccc2)nc(CNC(C)C)[nH]c1=O. The van der Waals surface area contributed by atoms with Gasteiger partial charge in [0.05, 0.1) is 12.2 Å². The molecule has 100 valence electrons. The lowest BCUT2D eigenvalue weighted by Crippen LogP contribution is -2.26. The number of hydrogen-bond donors (Lipinski definition) is 2. The van der Waals surface area contributed by atoms with Crippen molar-refractivity contribution in [2.45, 2.75) is 33.4 Å². The van der Waals surface area contributed by atoms with Gasteiger partial charge >= 0.3 is 0 Å². The number of aromatic amines is 1. The lowest BCUT2D eigenvalue weighted by atomic mass is 10.1. The predicted octanol–water partition coefficient (Wildman–Crippen LogP) is 2.24. The highest BCUT2D eigenvalue weighted by atomic mass is 16.1. The molecule has 0 saturated heterocycles. The normalized spacial score (nSPS) is 10.9. The zero-order valence-electron chi connectivity index (χ0n) is 11.5. The molecule has 4 nitrogen and oxygen atoms in total. The molecule has 0 aliphatic heterocycles. The first-order valence-corrected chi connectivity index (χ1v) is 6.46. The van der Waals surface area contributed by atoms with Gasteiger partial charge < -0.3 is 10.3 Å². The molecule has 19 heavy (non-hydrogen) atoms. The van der Waals surface area contributed by atoms with E-state index in [4.69, 9.17) is 0 Å². The Bertz CT molecular complexity index is 603. The van der Waals surface area contributed by atoms with Crippen LogP contribution in [0.1, 0.15) is 25.2 Å². The van der Waals surface area contributed by atoms with Crippen LogP contribution in [0.3, 0.4) is 0 Å². The first-order chi connectivity index (χ1) is 9.08. The average molecular weight is 257 g/mol. The molecule has 1 heterocycles. The Morgan fingerprint density at radius 3 is 2.58 bits per heavy atom. The molecule has 2 N–H and O–H groups in total. The monoisotopic (exact) mass is 257 g/mol. The number of nitrogens with zero attached hydrogens (tertiary/aromatic N) is 1. The highest BCUT2D eigenvalue weighted by molar-refractivity contribution is 5.62. The standard InChI is InChI=1S/C15H19N3O/c1-10(2)16-9-13-17-14(11(3)15(19)18-13)12-7-5-4-6-8-12/h4-8,10,16H,9H2,1-3H3,(H,17,18,19). The van der Waals surface area contributed by atoms with Gasteiger partial charge in [-0.15, -0.1) is 0 Å². The molecule has 0 bridgehead atoms. The van der Waals surface area contributed by atoms with Gasteiger partial charge in [-0.05, 0) is 6.92 Å². The van der Waals surface area contributed by atoms with Crippen LogP contribution < -0.4 is 10.9 Å². The third kappa shape index (κ3) is 3.29. The topological polar surface area (TPSA) is 57.8 Å². The van der Waals surface area contributed by atoms with E-state index in [1.807, 2.05) is 30.3 Å². The fraction of sp³-hybridized carbons (Fsp3) is 0.333. The molecule has 1 aromatic carbocycles. The van der Waals surface area contributed by atoms with Gasteiger partial charge in [-0.25, -0.2) is 4.98 Å². The molecule has 0 fully saturated rings. The lowest BCUT2D eigenvalue weighted by Gasteiger charge is -2.10. The Morgan fingerprint density at radius 1 is 1.26 bits per heavy atom. The van der Waals surface area contributed by atoms with Gasteiger partial charge in [-0.2, -0.15) is 0 Å². The lowest BCUT2D eigenvalue weighted by molar-refractivity contribution is 0.571. The van der Waals surface area contributed by atoms with E-state index in [0.717, 1.165) is 11.3 Å². The van der Waals surface area contributed by atoms with Crippen molar-refractivity contribution in [3.05, 3.63) is 52.1 Å². The van der Waals surface area contributed by atoms with E-state index >= 15 is 0 Å². The fourth-order valence-corrected chi connectivity index (χ4v) is 1.84. The van der Waals surface area contributed by atoms with Crippen LogP contribution in [0.5, 0.6) is 0 Å². The zero-order chi connectivity index (χ0) is 13.8. The molecule has 4 heteroatoms. The average Bonchev–Trinajstić information content (AvgIpc) is 2.41. The van der Waals surface area contributed by atoms with Gasteiger partial charge in [-0.1, -0.05) is 44.2 Å². The second-order valence-corrected chi connectivity index (χ2v) is 4.89. The van der Waals surface area contributed by atoms with E-state index in [-0.39, 0.29) is 5.56 Å². The summed E-state index contributed by atoms with van der Waals surface area (Å²) in [6.45, 7) is 6.48. The summed E-state index contributed by atoms with van der Waals surface area (Å²) in [6.07, 6.45) is 0. The molecular weight excluding hydrogens is 238 g/mol. The maximum Gasteiger partial charge on any atom is 0.254 e. The van der Waals surface area contributed by atoms with Crippen molar-refractivity contribution in [1.82, 2.24) is 15.3 Å². The second kappa shape index (κ2) is 5.80. The maximum atomic E-state index is 12.0. The van der Waals surface area contributed by atoms with E-state index in [9.17, 15) is 4.79 Å². The number of hydrogen-bond acceptors (Lipinski definition) is 3. The van der Waals surface area contributed by atoms with Crippen molar-refractivity contribution < 1.29 is 0 Å². The Kier molecular flexibility index (Phi) is 4.12. The first-order valence-electron chi connectivity index (χ1n) is 6.46. The Hall–Kier alpha value is -1.94. The summed E-state index contributed by atoms with van der Waals surface area (Å²) in [4.78, 5) is 19.3. The number of benzene rings is 1. The molecule has 0 unspecified atom stereocenters. The smallest absolute Gasteiger partial charge is 0.254 e. The van der Waals surface area contributed by atoms with Gasteiger partial charge in [0.1, 0.15) is 5.82 Å². The van der Waals surface area contributed by atoms with Gasteiger partial charge in [0.25, 0.3) is 5.56 Å². The van der Waals surface area contributed by atoms with E-state index < -0.39 is 0 Å². The van der Waals surface area contributed by atoms with E-state index in [1.165, 1.54) is 0 Å². The molecule has 0 spiro atoms. The van der Waals surface area contributed by atoms with Crippen molar-refractivity contribution in [2.75, 3.05) is 0 Å². The summed E-state index contributed by atoms with van der Waals surface area (Å²) < 4.78 is 0. The number of nitrogens with one attached hydrogen (secondary N) is 2. The van der Waals surface area contributed by atoms with Crippen LogP contribution >= 0.6 is 0 Å². The van der Waals surface area contributed by atoms with Crippen LogP contribution in [0.25, 0.3) is 11.3 Å². The second-order valence-electron chi connectivity index (χ2n) is 4.89. The van der Waals surface area contributed by atoms with E-state index in [0.29, 0.717) is 24.0 Å².